The van der Waals surface area contributed by atoms with E-state index in [1.807, 2.05) is 25.1 Å². The third-order valence-corrected chi connectivity index (χ3v) is 5.96. The maximum absolute atomic E-state index is 13.4. The molecule has 0 radical (unpaired) electrons. The first-order chi connectivity index (χ1) is 15.1. The number of hydrogen-bond acceptors (Lipinski definition) is 4. The van der Waals surface area contributed by atoms with Gasteiger partial charge in [-0.25, -0.2) is 4.85 Å². The number of nitriles is 1. The summed E-state index contributed by atoms with van der Waals surface area (Å²) in [6.45, 7) is 11.5. The number of benzene rings is 1. The van der Waals surface area contributed by atoms with Crippen LogP contribution in [0.15, 0.2) is 36.5 Å². The van der Waals surface area contributed by atoms with Crippen LogP contribution in [0.4, 0.5) is 5.69 Å². The van der Waals surface area contributed by atoms with Crippen LogP contribution in [0.25, 0.3) is 21.6 Å². The Balaban J connectivity index is 1.81. The number of nitrogens with zero attached hydrogens (tertiary/aromatic N) is 5. The van der Waals surface area contributed by atoms with E-state index in [1.165, 1.54) is 6.42 Å². The lowest BCUT2D eigenvalue weighted by molar-refractivity contribution is 0.0916. The topological polar surface area (TPSA) is 66.3 Å². The largest absolute Gasteiger partial charge is 0.312 e. The molecular formula is C25H25N5O. The molecule has 1 aliphatic heterocycles. The SMILES string of the molecule is [C-]#[N+]c1ccc(-n2c(C)c(C(=O)CN3CCCCC3)c3ncc(CCC#N)cc32)cc1. The van der Waals surface area contributed by atoms with E-state index in [4.69, 9.17) is 11.8 Å². The van der Waals surface area contributed by atoms with E-state index in [9.17, 15) is 4.79 Å². The van der Waals surface area contributed by atoms with E-state index in [-0.39, 0.29) is 5.78 Å². The minimum Gasteiger partial charge on any atom is -0.312 e. The van der Waals surface area contributed by atoms with Gasteiger partial charge in [0.15, 0.2) is 11.5 Å². The Morgan fingerprint density at radius 3 is 2.65 bits per heavy atom. The van der Waals surface area contributed by atoms with E-state index >= 15 is 0 Å². The Hall–Kier alpha value is -3.48. The van der Waals surface area contributed by atoms with Crippen LogP contribution in [0.3, 0.4) is 0 Å². The summed E-state index contributed by atoms with van der Waals surface area (Å²) in [5.41, 5.74) is 5.54. The zero-order valence-electron chi connectivity index (χ0n) is 17.8. The molecule has 0 aliphatic carbocycles. The summed E-state index contributed by atoms with van der Waals surface area (Å²) in [7, 11) is 0. The molecule has 1 aliphatic rings. The summed E-state index contributed by atoms with van der Waals surface area (Å²) in [5, 5.41) is 8.95. The van der Waals surface area contributed by atoms with Gasteiger partial charge in [-0.2, -0.15) is 5.26 Å². The molecule has 0 spiro atoms. The Kier molecular flexibility index (Phi) is 6.11. The maximum Gasteiger partial charge on any atom is 0.187 e. The van der Waals surface area contributed by atoms with Gasteiger partial charge in [0, 0.05) is 24.0 Å². The van der Waals surface area contributed by atoms with E-state index < -0.39 is 0 Å². The molecule has 0 bridgehead atoms. The molecule has 156 valence electrons. The van der Waals surface area contributed by atoms with Crippen LogP contribution >= 0.6 is 0 Å². The van der Waals surface area contributed by atoms with Crippen LogP contribution in [0.2, 0.25) is 0 Å². The van der Waals surface area contributed by atoms with E-state index in [0.717, 1.165) is 48.4 Å². The highest BCUT2D eigenvalue weighted by Gasteiger charge is 2.24. The van der Waals surface area contributed by atoms with Gasteiger partial charge < -0.3 is 4.57 Å². The van der Waals surface area contributed by atoms with Crippen LogP contribution in [0, 0.1) is 24.8 Å². The predicted molar refractivity (Wildman–Crippen MR) is 121 cm³/mol. The lowest BCUT2D eigenvalue weighted by Crippen LogP contribution is -2.34. The number of Topliss-reactive ketones (excluding diaryl/α,β-unsaturated/α-hetero) is 1. The molecule has 0 N–H and O–H groups in total. The Morgan fingerprint density at radius 1 is 1.23 bits per heavy atom. The zero-order valence-corrected chi connectivity index (χ0v) is 17.8. The fourth-order valence-electron chi connectivity index (χ4n) is 4.40. The van der Waals surface area contributed by atoms with Crippen molar-refractivity contribution in [2.24, 2.45) is 0 Å². The van der Waals surface area contributed by atoms with Gasteiger partial charge >= 0.3 is 0 Å². The van der Waals surface area contributed by atoms with Crippen molar-refractivity contribution in [3.63, 3.8) is 0 Å². The molecule has 1 aromatic carbocycles. The minimum atomic E-state index is 0.0956. The molecule has 3 heterocycles. The molecule has 3 aromatic rings. The molecular weight excluding hydrogens is 386 g/mol. The van der Waals surface area contributed by atoms with Crippen molar-refractivity contribution in [3.05, 3.63) is 64.8 Å². The molecule has 31 heavy (non-hydrogen) atoms. The maximum atomic E-state index is 13.4. The smallest absolute Gasteiger partial charge is 0.187 e. The fourth-order valence-corrected chi connectivity index (χ4v) is 4.40. The van der Waals surface area contributed by atoms with Crippen molar-refractivity contribution < 1.29 is 4.79 Å². The average molecular weight is 412 g/mol. The van der Waals surface area contributed by atoms with Crippen molar-refractivity contribution >= 4 is 22.5 Å². The molecule has 6 heteroatoms. The molecule has 0 unspecified atom stereocenters. The number of aryl methyl sites for hydroxylation is 1. The highest BCUT2D eigenvalue weighted by atomic mass is 16.1. The zero-order chi connectivity index (χ0) is 21.8. The monoisotopic (exact) mass is 411 g/mol. The Bertz CT molecular complexity index is 1190. The predicted octanol–water partition coefficient (Wildman–Crippen LogP) is 5.01. The number of ketones is 1. The molecule has 0 saturated carbocycles. The number of hydrogen-bond donors (Lipinski definition) is 0. The third kappa shape index (κ3) is 4.21. The van der Waals surface area contributed by atoms with Crippen LogP contribution in [0.5, 0.6) is 0 Å². The van der Waals surface area contributed by atoms with E-state index in [0.29, 0.717) is 36.2 Å². The van der Waals surface area contributed by atoms with Gasteiger partial charge in [-0.3, -0.25) is 14.7 Å². The number of carbonyl (C=O) groups excluding carboxylic acids is 1. The summed E-state index contributed by atoms with van der Waals surface area (Å²) in [6.07, 6.45) is 6.34. The van der Waals surface area contributed by atoms with Gasteiger partial charge in [0.05, 0.1) is 35.8 Å². The normalized spacial score (nSPS) is 14.3. The molecule has 6 nitrogen and oxygen atoms in total. The summed E-state index contributed by atoms with van der Waals surface area (Å²) >= 11 is 0. The standard InChI is InChI=1S/C25H25N5O/c1-18-24(23(31)17-29-13-4-3-5-14-29)25-22(15-19(16-28-25)7-6-12-26)30(18)21-10-8-20(27-2)9-11-21/h8-11,15-16H,3-7,13-14,17H2,1H3. The second-order valence-electron chi connectivity index (χ2n) is 8.05. The van der Waals surface area contributed by atoms with Crippen molar-refractivity contribution in [2.75, 3.05) is 19.6 Å². The number of likely N-dealkylation sites (tertiary alicyclic amines) is 1. The summed E-state index contributed by atoms with van der Waals surface area (Å²) in [5.74, 6) is 0.0956. The number of piperidine rings is 1. The fraction of sp³-hybridized carbons (Fsp3) is 0.360. The number of aromatic nitrogens is 2. The lowest BCUT2D eigenvalue weighted by atomic mass is 10.1. The number of carbonyl (C=O) groups is 1. The Morgan fingerprint density at radius 2 is 1.97 bits per heavy atom. The second kappa shape index (κ2) is 9.12. The van der Waals surface area contributed by atoms with Crippen LogP contribution in [-0.2, 0) is 6.42 Å². The van der Waals surface area contributed by atoms with Crippen LogP contribution < -0.4 is 0 Å². The quantitative estimate of drug-likeness (QED) is 0.422. The lowest BCUT2D eigenvalue weighted by Gasteiger charge is -2.25. The Labute approximate surface area is 182 Å². The van der Waals surface area contributed by atoms with E-state index in [1.54, 1.807) is 18.3 Å². The number of pyridine rings is 1. The molecule has 1 saturated heterocycles. The first-order valence-corrected chi connectivity index (χ1v) is 10.7. The highest BCUT2D eigenvalue weighted by molar-refractivity contribution is 6.09. The summed E-state index contributed by atoms with van der Waals surface area (Å²) in [6, 6.07) is 11.6. The van der Waals surface area contributed by atoms with Crippen molar-refractivity contribution in [1.29, 1.82) is 5.26 Å². The number of fused-ring (bicyclic) bond motifs is 1. The highest BCUT2D eigenvalue weighted by Crippen LogP contribution is 2.30. The molecule has 2 aromatic heterocycles. The minimum absolute atomic E-state index is 0.0956. The van der Waals surface area contributed by atoms with Gasteiger partial charge in [0.25, 0.3) is 0 Å². The van der Waals surface area contributed by atoms with Gasteiger partial charge in [0.2, 0.25) is 0 Å². The third-order valence-electron chi connectivity index (χ3n) is 5.96. The molecule has 4 rings (SSSR count). The van der Waals surface area contributed by atoms with Crippen LogP contribution in [-0.4, -0.2) is 39.9 Å². The number of rotatable bonds is 6. The summed E-state index contributed by atoms with van der Waals surface area (Å²) in [4.78, 5) is 23.8. The van der Waals surface area contributed by atoms with Gasteiger partial charge in [-0.05, 0) is 63.0 Å². The van der Waals surface area contributed by atoms with Crippen LogP contribution in [0.1, 0.15) is 47.3 Å². The second-order valence-corrected chi connectivity index (χ2v) is 8.05. The first-order valence-electron chi connectivity index (χ1n) is 10.7. The van der Waals surface area contributed by atoms with Crippen molar-refractivity contribution in [2.45, 2.75) is 39.0 Å². The molecule has 1 fully saturated rings. The van der Waals surface area contributed by atoms with Crippen molar-refractivity contribution in [1.82, 2.24) is 14.5 Å². The van der Waals surface area contributed by atoms with E-state index in [2.05, 4.69) is 25.4 Å². The van der Waals surface area contributed by atoms with Gasteiger partial charge in [-0.15, -0.1) is 0 Å². The first kappa shape index (κ1) is 20.8. The molecule has 0 amide bonds. The van der Waals surface area contributed by atoms with Gasteiger partial charge in [0.1, 0.15) is 0 Å². The molecule has 0 atom stereocenters. The van der Waals surface area contributed by atoms with Gasteiger partial charge in [-0.1, -0.05) is 18.6 Å². The summed E-state index contributed by atoms with van der Waals surface area (Å²) < 4.78 is 2.05. The average Bonchev–Trinajstić information content (AvgIpc) is 3.09. The van der Waals surface area contributed by atoms with Crippen molar-refractivity contribution in [3.8, 4) is 11.8 Å².